The number of carbonyl (C=O) groups excluding carboxylic acids is 1. The molecule has 0 saturated carbocycles. The van der Waals surface area contributed by atoms with Crippen molar-refractivity contribution in [3.8, 4) is 0 Å². The number of aryl methyl sites for hydroxylation is 1. The molecule has 0 aromatic heterocycles. The fraction of sp³-hybridized carbons (Fsp3) is 0.208. The number of amides is 1. The van der Waals surface area contributed by atoms with Crippen molar-refractivity contribution in [3.05, 3.63) is 101 Å². The molecule has 0 aliphatic carbocycles. The molecule has 0 aliphatic heterocycles. The zero-order valence-corrected chi connectivity index (χ0v) is 16.6. The monoisotopic (exact) mass is 375 g/mol. The SMILES string of the molecule is CCc1ccc(C(C)NC(=O)c2ccc(CSc3ccccc3)cc2)cc1. The van der Waals surface area contributed by atoms with E-state index in [1.54, 1.807) is 11.8 Å². The van der Waals surface area contributed by atoms with E-state index in [-0.39, 0.29) is 11.9 Å². The van der Waals surface area contributed by atoms with Crippen LogP contribution in [0.3, 0.4) is 0 Å². The van der Waals surface area contributed by atoms with E-state index in [9.17, 15) is 4.79 Å². The first-order chi connectivity index (χ1) is 13.2. The summed E-state index contributed by atoms with van der Waals surface area (Å²) in [5.74, 6) is 0.857. The number of carbonyl (C=O) groups is 1. The van der Waals surface area contributed by atoms with E-state index >= 15 is 0 Å². The number of hydrogen-bond donors (Lipinski definition) is 1. The van der Waals surface area contributed by atoms with Crippen LogP contribution in [0.15, 0.2) is 83.8 Å². The van der Waals surface area contributed by atoms with Crippen molar-refractivity contribution < 1.29 is 4.79 Å². The average molecular weight is 376 g/mol. The van der Waals surface area contributed by atoms with Gasteiger partial charge in [-0.05, 0) is 54.3 Å². The first-order valence-electron chi connectivity index (χ1n) is 9.32. The molecule has 1 unspecified atom stereocenters. The summed E-state index contributed by atoms with van der Waals surface area (Å²) >= 11 is 1.80. The molecule has 1 N–H and O–H groups in total. The Bertz CT molecular complexity index is 857. The van der Waals surface area contributed by atoms with Crippen molar-refractivity contribution >= 4 is 17.7 Å². The van der Waals surface area contributed by atoms with Crippen LogP contribution in [-0.4, -0.2) is 5.91 Å². The second kappa shape index (κ2) is 9.43. The Labute approximate surface area is 166 Å². The molecule has 0 heterocycles. The molecule has 3 rings (SSSR count). The van der Waals surface area contributed by atoms with E-state index in [4.69, 9.17) is 0 Å². The van der Waals surface area contributed by atoms with E-state index in [1.807, 2.05) is 49.4 Å². The van der Waals surface area contributed by atoms with E-state index in [2.05, 4.69) is 48.6 Å². The van der Waals surface area contributed by atoms with Gasteiger partial charge in [-0.1, -0.05) is 61.5 Å². The molecule has 0 fully saturated rings. The standard InChI is InChI=1S/C24H25NOS/c1-3-19-9-13-21(14-10-19)18(2)25-24(26)22-15-11-20(12-16-22)17-27-23-7-5-4-6-8-23/h4-16,18H,3,17H2,1-2H3,(H,25,26). The highest BCUT2D eigenvalue weighted by Gasteiger charge is 2.11. The number of benzene rings is 3. The molecule has 1 atom stereocenters. The number of rotatable bonds is 7. The fourth-order valence-electron chi connectivity index (χ4n) is 2.84. The predicted octanol–water partition coefficient (Wildman–Crippen LogP) is 6.03. The number of thioether (sulfide) groups is 1. The van der Waals surface area contributed by atoms with Crippen LogP contribution in [0.5, 0.6) is 0 Å². The van der Waals surface area contributed by atoms with Gasteiger partial charge in [0.1, 0.15) is 0 Å². The molecule has 1 amide bonds. The molecular formula is C24H25NOS. The minimum Gasteiger partial charge on any atom is -0.346 e. The van der Waals surface area contributed by atoms with Gasteiger partial charge in [0.2, 0.25) is 0 Å². The first kappa shape index (κ1) is 19.2. The highest BCUT2D eigenvalue weighted by Crippen LogP contribution is 2.22. The zero-order valence-electron chi connectivity index (χ0n) is 15.8. The molecular weight excluding hydrogens is 350 g/mol. The Kier molecular flexibility index (Phi) is 6.72. The quantitative estimate of drug-likeness (QED) is 0.511. The predicted molar refractivity (Wildman–Crippen MR) is 114 cm³/mol. The van der Waals surface area contributed by atoms with E-state index in [0.29, 0.717) is 5.56 Å². The summed E-state index contributed by atoms with van der Waals surface area (Å²) in [7, 11) is 0. The van der Waals surface area contributed by atoms with E-state index < -0.39 is 0 Å². The maximum atomic E-state index is 12.5. The smallest absolute Gasteiger partial charge is 0.251 e. The highest BCUT2D eigenvalue weighted by atomic mass is 32.2. The van der Waals surface area contributed by atoms with Gasteiger partial charge in [-0.3, -0.25) is 4.79 Å². The lowest BCUT2D eigenvalue weighted by Crippen LogP contribution is -2.26. The maximum Gasteiger partial charge on any atom is 0.251 e. The molecule has 0 aliphatic rings. The van der Waals surface area contributed by atoms with Crippen LogP contribution in [0, 0.1) is 0 Å². The topological polar surface area (TPSA) is 29.1 Å². The summed E-state index contributed by atoms with van der Waals surface area (Å²) in [6.07, 6.45) is 1.02. The van der Waals surface area contributed by atoms with Crippen LogP contribution in [0.2, 0.25) is 0 Å². The van der Waals surface area contributed by atoms with Crippen molar-refractivity contribution in [2.24, 2.45) is 0 Å². The molecule has 138 valence electrons. The summed E-state index contributed by atoms with van der Waals surface area (Å²) in [5, 5.41) is 3.08. The van der Waals surface area contributed by atoms with Crippen molar-refractivity contribution in [1.29, 1.82) is 0 Å². The second-order valence-electron chi connectivity index (χ2n) is 6.59. The molecule has 3 aromatic carbocycles. The van der Waals surface area contributed by atoms with Crippen LogP contribution < -0.4 is 5.32 Å². The van der Waals surface area contributed by atoms with Crippen molar-refractivity contribution in [2.45, 2.75) is 37.0 Å². The van der Waals surface area contributed by atoms with E-state index in [1.165, 1.54) is 16.0 Å². The summed E-state index contributed by atoms with van der Waals surface area (Å²) in [6, 6.07) is 26.6. The minimum atomic E-state index is -0.0377. The second-order valence-corrected chi connectivity index (χ2v) is 7.64. The van der Waals surface area contributed by atoms with Crippen LogP contribution in [0.1, 0.15) is 46.9 Å². The molecule has 27 heavy (non-hydrogen) atoms. The minimum absolute atomic E-state index is 0.0169. The van der Waals surface area contributed by atoms with Crippen LogP contribution in [-0.2, 0) is 12.2 Å². The van der Waals surface area contributed by atoms with Crippen LogP contribution in [0.25, 0.3) is 0 Å². The fourth-order valence-corrected chi connectivity index (χ4v) is 3.72. The summed E-state index contributed by atoms with van der Waals surface area (Å²) in [4.78, 5) is 13.8. The van der Waals surface area contributed by atoms with Crippen LogP contribution >= 0.6 is 11.8 Å². The van der Waals surface area contributed by atoms with Crippen LogP contribution in [0.4, 0.5) is 0 Å². The van der Waals surface area contributed by atoms with Gasteiger partial charge >= 0.3 is 0 Å². The van der Waals surface area contributed by atoms with Gasteiger partial charge in [-0.25, -0.2) is 0 Å². The van der Waals surface area contributed by atoms with Crippen molar-refractivity contribution in [3.63, 3.8) is 0 Å². The molecule has 0 radical (unpaired) electrons. The third kappa shape index (κ3) is 5.48. The van der Waals surface area contributed by atoms with Gasteiger partial charge in [0, 0.05) is 16.2 Å². The van der Waals surface area contributed by atoms with Gasteiger partial charge in [0.05, 0.1) is 6.04 Å². The Morgan fingerprint density at radius 1 is 0.889 bits per heavy atom. The molecule has 0 bridgehead atoms. The summed E-state index contributed by atoms with van der Waals surface area (Å²) in [6.45, 7) is 4.16. The zero-order chi connectivity index (χ0) is 19.1. The third-order valence-electron chi connectivity index (χ3n) is 4.60. The van der Waals surface area contributed by atoms with Gasteiger partial charge in [0.15, 0.2) is 0 Å². The molecule has 0 spiro atoms. The van der Waals surface area contributed by atoms with Crippen molar-refractivity contribution in [2.75, 3.05) is 0 Å². The Morgan fingerprint density at radius 2 is 1.52 bits per heavy atom. The molecule has 3 heteroatoms. The van der Waals surface area contributed by atoms with Gasteiger partial charge in [-0.2, -0.15) is 0 Å². The largest absolute Gasteiger partial charge is 0.346 e. The Hall–Kier alpha value is -2.52. The van der Waals surface area contributed by atoms with Gasteiger partial charge in [-0.15, -0.1) is 11.8 Å². The summed E-state index contributed by atoms with van der Waals surface area (Å²) < 4.78 is 0. The molecule has 2 nitrogen and oxygen atoms in total. The highest BCUT2D eigenvalue weighted by molar-refractivity contribution is 7.98. The lowest BCUT2D eigenvalue weighted by Gasteiger charge is -2.15. The molecule has 0 saturated heterocycles. The van der Waals surface area contributed by atoms with Crippen molar-refractivity contribution in [1.82, 2.24) is 5.32 Å². The average Bonchev–Trinajstić information content (AvgIpc) is 2.73. The maximum absolute atomic E-state index is 12.5. The number of nitrogens with one attached hydrogen (secondary N) is 1. The third-order valence-corrected chi connectivity index (χ3v) is 5.68. The lowest BCUT2D eigenvalue weighted by molar-refractivity contribution is 0.0940. The van der Waals surface area contributed by atoms with E-state index in [0.717, 1.165) is 17.7 Å². The number of hydrogen-bond acceptors (Lipinski definition) is 2. The molecule has 3 aromatic rings. The van der Waals surface area contributed by atoms with Gasteiger partial charge in [0.25, 0.3) is 5.91 Å². The summed E-state index contributed by atoms with van der Waals surface area (Å²) in [5.41, 5.74) is 4.33. The normalized spacial score (nSPS) is 11.8. The first-order valence-corrected chi connectivity index (χ1v) is 10.3. The Morgan fingerprint density at radius 3 is 2.15 bits per heavy atom. The lowest BCUT2D eigenvalue weighted by atomic mass is 10.0. The van der Waals surface area contributed by atoms with Gasteiger partial charge < -0.3 is 5.32 Å². The Balaban J connectivity index is 1.56.